The topological polar surface area (TPSA) is 66.5 Å². The number of hydrogen-bond acceptors (Lipinski definition) is 4. The van der Waals surface area contributed by atoms with Gasteiger partial charge in [-0.1, -0.05) is 42.0 Å². The van der Waals surface area contributed by atoms with E-state index in [-0.39, 0.29) is 17.5 Å². The molecule has 1 amide bonds. The molecule has 3 aromatic rings. The molecular weight excluding hydrogens is 467 g/mol. The minimum absolute atomic E-state index is 0.248. The van der Waals surface area contributed by atoms with Crippen LogP contribution in [0.2, 0.25) is 5.02 Å². The fraction of sp³-hybridized carbons (Fsp3) is 0.179. The molecule has 1 N–H and O–H groups in total. The number of hydrogen-bond donors (Lipinski definition) is 1. The highest BCUT2D eigenvalue weighted by atomic mass is 35.5. The third kappa shape index (κ3) is 2.89. The van der Waals surface area contributed by atoms with E-state index in [2.05, 4.69) is 5.32 Å². The van der Waals surface area contributed by atoms with Crippen molar-refractivity contribution >= 4 is 46.5 Å². The summed E-state index contributed by atoms with van der Waals surface area (Å²) in [5, 5.41) is 3.43. The molecule has 3 aliphatic rings. The summed E-state index contributed by atoms with van der Waals surface area (Å²) in [7, 11) is 0. The van der Waals surface area contributed by atoms with Gasteiger partial charge in [0.15, 0.2) is 11.6 Å². The largest absolute Gasteiger partial charge is 0.352 e. The minimum Gasteiger partial charge on any atom is -0.352 e. The molecule has 0 saturated carbocycles. The first-order chi connectivity index (χ1) is 16.8. The number of anilines is 2. The maximum atomic E-state index is 14.2. The van der Waals surface area contributed by atoms with Crippen LogP contribution in [-0.2, 0) is 15.0 Å². The van der Waals surface area contributed by atoms with Crippen LogP contribution in [-0.4, -0.2) is 29.6 Å². The van der Waals surface area contributed by atoms with Crippen LogP contribution in [0.4, 0.5) is 15.8 Å². The first-order valence-corrected chi connectivity index (χ1v) is 11.7. The number of Topliss-reactive ketones (excluding diaryl/α,β-unsaturated/α-hetero) is 2. The van der Waals surface area contributed by atoms with Crippen LogP contribution in [0.15, 0.2) is 72.8 Å². The molecule has 35 heavy (non-hydrogen) atoms. The molecule has 7 heteroatoms. The van der Waals surface area contributed by atoms with E-state index in [1.54, 1.807) is 42.5 Å². The van der Waals surface area contributed by atoms with Crippen LogP contribution in [0.25, 0.3) is 6.08 Å². The molecule has 3 aliphatic heterocycles. The van der Waals surface area contributed by atoms with E-state index in [0.29, 0.717) is 33.1 Å². The number of para-hydroxylation sites is 1. The molecule has 1 fully saturated rings. The summed E-state index contributed by atoms with van der Waals surface area (Å²) in [6.45, 7) is 1.43. The Balaban J connectivity index is 1.65. The van der Waals surface area contributed by atoms with Crippen molar-refractivity contribution < 1.29 is 18.8 Å². The monoisotopic (exact) mass is 486 g/mol. The van der Waals surface area contributed by atoms with Crippen molar-refractivity contribution in [2.24, 2.45) is 5.92 Å². The van der Waals surface area contributed by atoms with E-state index in [1.807, 2.05) is 29.2 Å². The van der Waals surface area contributed by atoms with Crippen molar-refractivity contribution in [3.63, 3.8) is 0 Å². The standard InChI is InChI=1S/C28H20ClFN2O3/c1-15(33)25-24(26(34)16-6-9-18(29)10-7-16)28(20-4-2-3-5-21(20)31-27(28)35)23-13-8-17-14-19(30)11-12-22(17)32(23)25/h2-14,23-25H,1H3,(H,31,35)/t23-,24-,25+,28-/m1/s1. The van der Waals surface area contributed by atoms with Gasteiger partial charge in [0.1, 0.15) is 11.2 Å². The average molecular weight is 487 g/mol. The summed E-state index contributed by atoms with van der Waals surface area (Å²) in [6.07, 6.45) is 3.58. The highest BCUT2D eigenvalue weighted by Gasteiger charge is 2.69. The smallest absolute Gasteiger partial charge is 0.238 e. The Morgan fingerprint density at radius 1 is 1.06 bits per heavy atom. The number of rotatable bonds is 3. The van der Waals surface area contributed by atoms with Crippen LogP contribution in [0.5, 0.6) is 0 Å². The molecule has 174 valence electrons. The molecule has 0 aromatic heterocycles. The second-order valence-corrected chi connectivity index (χ2v) is 9.62. The third-order valence-corrected chi connectivity index (χ3v) is 7.67. The fourth-order valence-corrected chi connectivity index (χ4v) is 6.22. The van der Waals surface area contributed by atoms with Crippen molar-refractivity contribution in [2.45, 2.75) is 24.4 Å². The molecular formula is C28H20ClFN2O3. The van der Waals surface area contributed by atoms with Crippen molar-refractivity contribution in [1.29, 1.82) is 0 Å². The summed E-state index contributed by atoms with van der Waals surface area (Å²) in [5.41, 5.74) is 1.51. The van der Waals surface area contributed by atoms with E-state index in [9.17, 15) is 18.8 Å². The summed E-state index contributed by atoms with van der Waals surface area (Å²) in [4.78, 5) is 43.3. The maximum Gasteiger partial charge on any atom is 0.238 e. The maximum absolute atomic E-state index is 14.2. The summed E-state index contributed by atoms with van der Waals surface area (Å²) >= 11 is 6.06. The van der Waals surface area contributed by atoms with E-state index < -0.39 is 29.2 Å². The number of ketones is 2. The van der Waals surface area contributed by atoms with Gasteiger partial charge in [0.2, 0.25) is 5.91 Å². The van der Waals surface area contributed by atoms with E-state index >= 15 is 0 Å². The number of fused-ring (bicyclic) bond motifs is 6. The number of nitrogens with one attached hydrogen (secondary N) is 1. The van der Waals surface area contributed by atoms with Gasteiger partial charge in [0.25, 0.3) is 0 Å². The zero-order valence-electron chi connectivity index (χ0n) is 18.7. The SMILES string of the molecule is CC(=O)[C@H]1[C@H](C(=O)c2ccc(Cl)cc2)[C@]2(C(=O)Nc3ccccc32)[C@H]2C=Cc3cc(F)ccc3N12. The number of benzene rings is 3. The zero-order valence-corrected chi connectivity index (χ0v) is 19.4. The Labute approximate surface area is 206 Å². The van der Waals surface area contributed by atoms with Crippen LogP contribution in [0.3, 0.4) is 0 Å². The molecule has 6 rings (SSSR count). The Morgan fingerprint density at radius 2 is 1.80 bits per heavy atom. The van der Waals surface area contributed by atoms with Crippen LogP contribution >= 0.6 is 11.6 Å². The van der Waals surface area contributed by atoms with Gasteiger partial charge in [0.05, 0.1) is 18.0 Å². The normalized spacial score (nSPS) is 25.7. The Hall–Kier alpha value is -3.77. The number of carbonyl (C=O) groups is 3. The first kappa shape index (κ1) is 21.7. The van der Waals surface area contributed by atoms with E-state index in [0.717, 1.165) is 0 Å². The summed E-state index contributed by atoms with van der Waals surface area (Å²) < 4.78 is 14.1. The van der Waals surface area contributed by atoms with Gasteiger partial charge in [-0.05, 0) is 61.0 Å². The second-order valence-electron chi connectivity index (χ2n) is 9.19. The molecule has 1 saturated heterocycles. The van der Waals surface area contributed by atoms with Gasteiger partial charge in [-0.15, -0.1) is 0 Å². The lowest BCUT2D eigenvalue weighted by atomic mass is 9.64. The zero-order chi connectivity index (χ0) is 24.5. The molecule has 0 radical (unpaired) electrons. The fourth-order valence-electron chi connectivity index (χ4n) is 6.10. The lowest BCUT2D eigenvalue weighted by Crippen LogP contribution is -2.51. The lowest BCUT2D eigenvalue weighted by Gasteiger charge is -2.37. The van der Waals surface area contributed by atoms with Gasteiger partial charge in [-0.2, -0.15) is 0 Å². The van der Waals surface area contributed by atoms with Crippen molar-refractivity contribution in [3.05, 3.63) is 100 Å². The number of carbonyl (C=O) groups excluding carboxylic acids is 3. The Kier molecular flexibility index (Phi) is 4.73. The van der Waals surface area contributed by atoms with E-state index in [1.165, 1.54) is 19.1 Å². The first-order valence-electron chi connectivity index (χ1n) is 11.3. The van der Waals surface area contributed by atoms with Gasteiger partial charge in [0, 0.05) is 27.5 Å². The molecule has 5 nitrogen and oxygen atoms in total. The molecule has 0 aliphatic carbocycles. The number of amides is 1. The van der Waals surface area contributed by atoms with Crippen LogP contribution in [0.1, 0.15) is 28.4 Å². The van der Waals surface area contributed by atoms with Crippen molar-refractivity contribution in [3.8, 4) is 0 Å². The van der Waals surface area contributed by atoms with Gasteiger partial charge >= 0.3 is 0 Å². The molecule has 3 heterocycles. The quantitative estimate of drug-likeness (QED) is 0.527. The summed E-state index contributed by atoms with van der Waals surface area (Å²) in [6, 6.07) is 16.5. The Morgan fingerprint density at radius 3 is 2.54 bits per heavy atom. The second kappa shape index (κ2) is 7.62. The Bertz CT molecular complexity index is 1450. The lowest BCUT2D eigenvalue weighted by molar-refractivity contribution is -0.122. The molecule has 1 spiro atoms. The average Bonchev–Trinajstić information content (AvgIpc) is 3.32. The predicted molar refractivity (Wildman–Crippen MR) is 132 cm³/mol. The van der Waals surface area contributed by atoms with E-state index in [4.69, 9.17) is 11.6 Å². The molecule has 3 aromatic carbocycles. The van der Waals surface area contributed by atoms with Crippen molar-refractivity contribution in [1.82, 2.24) is 0 Å². The van der Waals surface area contributed by atoms with Gasteiger partial charge in [-0.3, -0.25) is 14.4 Å². The highest BCUT2D eigenvalue weighted by molar-refractivity contribution is 6.30. The number of nitrogens with zero attached hydrogens (tertiary/aromatic N) is 1. The predicted octanol–water partition coefficient (Wildman–Crippen LogP) is 5.04. The third-order valence-electron chi connectivity index (χ3n) is 7.42. The van der Waals surface area contributed by atoms with Crippen LogP contribution in [0, 0.1) is 11.7 Å². The minimum atomic E-state index is -1.35. The number of halogens is 2. The van der Waals surface area contributed by atoms with Gasteiger partial charge < -0.3 is 10.2 Å². The molecule has 0 unspecified atom stereocenters. The highest BCUT2D eigenvalue weighted by Crippen LogP contribution is 2.57. The van der Waals surface area contributed by atoms with Crippen LogP contribution < -0.4 is 10.2 Å². The molecule has 0 bridgehead atoms. The van der Waals surface area contributed by atoms with Gasteiger partial charge in [-0.25, -0.2) is 4.39 Å². The molecule has 4 atom stereocenters. The van der Waals surface area contributed by atoms with Crippen molar-refractivity contribution in [2.75, 3.05) is 10.2 Å². The summed E-state index contributed by atoms with van der Waals surface area (Å²) in [5.74, 6) is -2.32.